The molecule has 0 aromatic heterocycles. The number of likely N-dealkylation sites (tertiary alicyclic amines) is 1. The number of carbonyl (C=O) groups is 2. The number of amides is 2. The van der Waals surface area contributed by atoms with Crippen LogP contribution in [0.1, 0.15) is 41.0 Å². The van der Waals surface area contributed by atoms with Gasteiger partial charge in [0.2, 0.25) is 5.91 Å². The standard InChI is InChI=1S/C14H27N3O3/c1-9(2)11(15)12(18)17-7-6-10(8-17)16-13(19)20-14(3,4)5/h9-11H,6-8,15H2,1-5H3,(H,16,19)/t10-,11-/m0/s1. The Morgan fingerprint density at radius 1 is 1.35 bits per heavy atom. The molecule has 116 valence electrons. The third kappa shape index (κ3) is 5.00. The summed E-state index contributed by atoms with van der Waals surface area (Å²) in [4.78, 5) is 25.5. The maximum Gasteiger partial charge on any atom is 0.407 e. The third-order valence-electron chi connectivity index (χ3n) is 3.22. The van der Waals surface area contributed by atoms with Crippen molar-refractivity contribution >= 4 is 12.0 Å². The first kappa shape index (κ1) is 16.8. The van der Waals surface area contributed by atoms with Crippen molar-refractivity contribution < 1.29 is 14.3 Å². The van der Waals surface area contributed by atoms with E-state index < -0.39 is 17.7 Å². The second-order valence-electron chi connectivity index (χ2n) is 6.69. The minimum Gasteiger partial charge on any atom is -0.444 e. The largest absolute Gasteiger partial charge is 0.444 e. The lowest BCUT2D eigenvalue weighted by Crippen LogP contribution is -2.47. The molecule has 1 aliphatic rings. The Labute approximate surface area is 121 Å². The summed E-state index contributed by atoms with van der Waals surface area (Å²) >= 11 is 0. The van der Waals surface area contributed by atoms with Gasteiger partial charge in [-0.05, 0) is 33.1 Å². The predicted molar refractivity (Wildman–Crippen MR) is 77.2 cm³/mol. The Hall–Kier alpha value is -1.30. The van der Waals surface area contributed by atoms with E-state index in [4.69, 9.17) is 10.5 Å². The third-order valence-corrected chi connectivity index (χ3v) is 3.22. The minimum absolute atomic E-state index is 0.0477. The van der Waals surface area contributed by atoms with E-state index in [-0.39, 0.29) is 17.9 Å². The first-order valence-corrected chi connectivity index (χ1v) is 7.14. The highest BCUT2D eigenvalue weighted by Gasteiger charge is 2.31. The molecule has 0 spiro atoms. The SMILES string of the molecule is CC(C)[C@H](N)C(=O)N1CC[C@H](NC(=O)OC(C)(C)C)C1. The van der Waals surface area contributed by atoms with Crippen LogP contribution in [0.25, 0.3) is 0 Å². The van der Waals surface area contributed by atoms with Crippen LogP contribution in [0.15, 0.2) is 0 Å². The topological polar surface area (TPSA) is 84.7 Å². The summed E-state index contributed by atoms with van der Waals surface area (Å²) < 4.78 is 5.20. The van der Waals surface area contributed by atoms with Gasteiger partial charge in [-0.2, -0.15) is 0 Å². The second-order valence-corrected chi connectivity index (χ2v) is 6.69. The molecule has 6 heteroatoms. The van der Waals surface area contributed by atoms with Crippen LogP contribution in [0.4, 0.5) is 4.79 Å². The second kappa shape index (κ2) is 6.43. The van der Waals surface area contributed by atoms with E-state index in [1.807, 2.05) is 34.6 Å². The van der Waals surface area contributed by atoms with Gasteiger partial charge >= 0.3 is 6.09 Å². The summed E-state index contributed by atoms with van der Waals surface area (Å²) in [5, 5.41) is 2.79. The van der Waals surface area contributed by atoms with Crippen LogP contribution in [0, 0.1) is 5.92 Å². The first-order valence-electron chi connectivity index (χ1n) is 7.14. The Bertz CT molecular complexity index is 363. The highest BCUT2D eigenvalue weighted by atomic mass is 16.6. The summed E-state index contributed by atoms with van der Waals surface area (Å²) in [7, 11) is 0. The number of hydrogen-bond acceptors (Lipinski definition) is 4. The highest BCUT2D eigenvalue weighted by molar-refractivity contribution is 5.82. The van der Waals surface area contributed by atoms with Crippen molar-refractivity contribution in [1.82, 2.24) is 10.2 Å². The molecule has 1 aliphatic heterocycles. The Morgan fingerprint density at radius 2 is 1.95 bits per heavy atom. The first-order chi connectivity index (χ1) is 9.10. The molecule has 0 aromatic rings. The lowest BCUT2D eigenvalue weighted by molar-refractivity contribution is -0.132. The molecule has 0 aliphatic carbocycles. The molecule has 0 saturated carbocycles. The zero-order chi connectivity index (χ0) is 15.5. The summed E-state index contributed by atoms with van der Waals surface area (Å²) in [6.07, 6.45) is 0.292. The van der Waals surface area contributed by atoms with Gasteiger partial charge in [-0.15, -0.1) is 0 Å². The maximum atomic E-state index is 12.1. The molecule has 1 fully saturated rings. The fourth-order valence-electron chi connectivity index (χ4n) is 2.05. The van der Waals surface area contributed by atoms with Crippen molar-refractivity contribution in [3.63, 3.8) is 0 Å². The smallest absolute Gasteiger partial charge is 0.407 e. The van der Waals surface area contributed by atoms with Crippen molar-refractivity contribution in [2.45, 2.75) is 58.7 Å². The summed E-state index contributed by atoms with van der Waals surface area (Å²) in [6, 6.07) is -0.538. The van der Waals surface area contributed by atoms with Crippen LogP contribution in [0.3, 0.4) is 0 Å². The molecule has 3 N–H and O–H groups in total. The van der Waals surface area contributed by atoms with Crippen LogP contribution in [-0.2, 0) is 9.53 Å². The van der Waals surface area contributed by atoms with Gasteiger partial charge in [0.05, 0.1) is 12.1 Å². The van der Waals surface area contributed by atoms with Gasteiger partial charge in [0, 0.05) is 13.1 Å². The number of ether oxygens (including phenoxy) is 1. The molecule has 1 saturated heterocycles. The van der Waals surface area contributed by atoms with Crippen LogP contribution in [0.5, 0.6) is 0 Å². The molecule has 2 atom stereocenters. The molecular formula is C14H27N3O3. The fourth-order valence-corrected chi connectivity index (χ4v) is 2.05. The molecule has 1 heterocycles. The van der Waals surface area contributed by atoms with Gasteiger partial charge < -0.3 is 20.7 Å². The molecular weight excluding hydrogens is 258 g/mol. The van der Waals surface area contributed by atoms with Crippen molar-refractivity contribution in [3.05, 3.63) is 0 Å². The summed E-state index contributed by atoms with van der Waals surface area (Å²) in [5.74, 6) is 0.0638. The number of hydrogen-bond donors (Lipinski definition) is 2. The summed E-state index contributed by atoms with van der Waals surface area (Å²) in [5.41, 5.74) is 5.35. The lowest BCUT2D eigenvalue weighted by atomic mass is 10.0. The predicted octanol–water partition coefficient (Wildman–Crippen LogP) is 1.10. The number of alkyl carbamates (subject to hydrolysis) is 1. The highest BCUT2D eigenvalue weighted by Crippen LogP contribution is 2.14. The van der Waals surface area contributed by atoms with E-state index in [2.05, 4.69) is 5.32 Å². The maximum absolute atomic E-state index is 12.1. The average molecular weight is 285 g/mol. The lowest BCUT2D eigenvalue weighted by Gasteiger charge is -2.24. The average Bonchev–Trinajstić information content (AvgIpc) is 2.72. The monoisotopic (exact) mass is 285 g/mol. The van der Waals surface area contributed by atoms with E-state index >= 15 is 0 Å². The molecule has 6 nitrogen and oxygen atoms in total. The molecule has 1 rings (SSSR count). The van der Waals surface area contributed by atoms with Gasteiger partial charge in [-0.1, -0.05) is 13.8 Å². The van der Waals surface area contributed by atoms with Crippen molar-refractivity contribution in [3.8, 4) is 0 Å². The van der Waals surface area contributed by atoms with Crippen LogP contribution >= 0.6 is 0 Å². The van der Waals surface area contributed by atoms with Crippen molar-refractivity contribution in [1.29, 1.82) is 0 Å². The van der Waals surface area contributed by atoms with E-state index in [9.17, 15) is 9.59 Å². The minimum atomic E-state index is -0.516. The number of nitrogens with two attached hydrogens (primary N) is 1. The number of nitrogens with zero attached hydrogens (tertiary/aromatic N) is 1. The van der Waals surface area contributed by atoms with Crippen molar-refractivity contribution in [2.75, 3.05) is 13.1 Å². The van der Waals surface area contributed by atoms with Gasteiger partial charge in [-0.3, -0.25) is 4.79 Å². The van der Waals surface area contributed by atoms with Crippen molar-refractivity contribution in [2.24, 2.45) is 11.7 Å². The molecule has 20 heavy (non-hydrogen) atoms. The van der Waals surface area contributed by atoms with Gasteiger partial charge in [-0.25, -0.2) is 4.79 Å². The molecule has 0 aromatic carbocycles. The number of nitrogens with one attached hydrogen (secondary N) is 1. The Balaban J connectivity index is 2.44. The van der Waals surface area contributed by atoms with Crippen LogP contribution in [-0.4, -0.2) is 47.7 Å². The fraction of sp³-hybridized carbons (Fsp3) is 0.857. The quantitative estimate of drug-likeness (QED) is 0.813. The zero-order valence-electron chi connectivity index (χ0n) is 13.1. The normalized spacial score (nSPS) is 20.9. The van der Waals surface area contributed by atoms with Gasteiger partial charge in [0.25, 0.3) is 0 Å². The zero-order valence-corrected chi connectivity index (χ0v) is 13.1. The van der Waals surface area contributed by atoms with Crippen LogP contribution < -0.4 is 11.1 Å². The summed E-state index contributed by atoms with van der Waals surface area (Å²) in [6.45, 7) is 10.4. The van der Waals surface area contributed by atoms with E-state index in [0.29, 0.717) is 13.1 Å². The Morgan fingerprint density at radius 3 is 2.45 bits per heavy atom. The molecule has 0 unspecified atom stereocenters. The van der Waals surface area contributed by atoms with Crippen LogP contribution in [0.2, 0.25) is 0 Å². The number of carbonyl (C=O) groups excluding carboxylic acids is 2. The van der Waals surface area contributed by atoms with E-state index in [1.165, 1.54) is 0 Å². The molecule has 0 bridgehead atoms. The van der Waals surface area contributed by atoms with E-state index in [1.54, 1.807) is 4.90 Å². The van der Waals surface area contributed by atoms with Gasteiger partial charge in [0.15, 0.2) is 0 Å². The molecule has 2 amide bonds. The van der Waals surface area contributed by atoms with Gasteiger partial charge in [0.1, 0.15) is 5.60 Å². The molecule has 0 radical (unpaired) electrons. The number of rotatable bonds is 3. The van der Waals surface area contributed by atoms with E-state index in [0.717, 1.165) is 6.42 Å². The Kier molecular flexibility index (Phi) is 5.39.